The van der Waals surface area contributed by atoms with E-state index in [-0.39, 0.29) is 6.10 Å². The Kier molecular flexibility index (Phi) is 6.52. The molecule has 3 nitrogen and oxygen atoms in total. The molecule has 2 N–H and O–H groups in total. The first-order valence-corrected chi connectivity index (χ1v) is 8.45. The van der Waals surface area contributed by atoms with Crippen molar-refractivity contribution in [2.75, 3.05) is 24.5 Å². The van der Waals surface area contributed by atoms with Crippen molar-refractivity contribution in [2.24, 2.45) is 5.92 Å². The molecular weight excluding hydrogens is 260 g/mol. The van der Waals surface area contributed by atoms with E-state index >= 15 is 0 Å². The number of aliphatic hydroxyl groups excluding tert-OH is 1. The van der Waals surface area contributed by atoms with Crippen molar-refractivity contribution in [3.8, 4) is 0 Å². The monoisotopic (exact) mass is 290 g/mol. The van der Waals surface area contributed by atoms with Gasteiger partial charge >= 0.3 is 0 Å². The van der Waals surface area contributed by atoms with E-state index in [4.69, 9.17) is 0 Å². The number of nitrogens with one attached hydrogen (secondary N) is 1. The average molecular weight is 290 g/mol. The van der Waals surface area contributed by atoms with E-state index in [0.717, 1.165) is 57.8 Å². The summed E-state index contributed by atoms with van der Waals surface area (Å²) in [5, 5.41) is 13.1. The van der Waals surface area contributed by atoms with Gasteiger partial charge in [-0.2, -0.15) is 0 Å². The first-order valence-electron chi connectivity index (χ1n) is 8.45. The highest BCUT2D eigenvalue weighted by atomic mass is 16.3. The molecule has 1 aromatic carbocycles. The molecule has 0 spiro atoms. The SMILES string of the molecule is CCN(CC)c1ccc(CNCC2CCC(O)CC2)cc1. The molecule has 0 aromatic heterocycles. The normalized spacial score (nSPS) is 22.2. The minimum atomic E-state index is -0.0473. The Morgan fingerprint density at radius 1 is 1.05 bits per heavy atom. The van der Waals surface area contributed by atoms with Crippen molar-refractivity contribution >= 4 is 5.69 Å². The van der Waals surface area contributed by atoms with E-state index in [1.165, 1.54) is 11.3 Å². The number of hydrogen-bond acceptors (Lipinski definition) is 3. The molecule has 1 aliphatic rings. The first-order chi connectivity index (χ1) is 10.2. The summed E-state index contributed by atoms with van der Waals surface area (Å²) in [6.45, 7) is 8.52. The molecule has 0 aliphatic heterocycles. The van der Waals surface area contributed by atoms with Crippen LogP contribution in [0.2, 0.25) is 0 Å². The van der Waals surface area contributed by atoms with Crippen LogP contribution in [-0.2, 0) is 6.54 Å². The van der Waals surface area contributed by atoms with Crippen LogP contribution in [0.3, 0.4) is 0 Å². The fourth-order valence-corrected chi connectivity index (χ4v) is 3.18. The third-order valence-corrected chi connectivity index (χ3v) is 4.64. The molecule has 0 radical (unpaired) electrons. The minimum absolute atomic E-state index is 0.0473. The van der Waals surface area contributed by atoms with Crippen LogP contribution in [0.25, 0.3) is 0 Å². The summed E-state index contributed by atoms with van der Waals surface area (Å²) in [6.07, 6.45) is 4.23. The van der Waals surface area contributed by atoms with Crippen molar-refractivity contribution in [1.29, 1.82) is 0 Å². The number of anilines is 1. The predicted molar refractivity (Wildman–Crippen MR) is 89.7 cm³/mol. The van der Waals surface area contributed by atoms with Gasteiger partial charge in [-0.15, -0.1) is 0 Å². The molecule has 1 fully saturated rings. The lowest BCUT2D eigenvalue weighted by molar-refractivity contribution is 0.108. The van der Waals surface area contributed by atoms with Crippen molar-refractivity contribution in [1.82, 2.24) is 5.32 Å². The van der Waals surface area contributed by atoms with Crippen LogP contribution in [0.15, 0.2) is 24.3 Å². The second kappa shape index (κ2) is 8.40. The van der Waals surface area contributed by atoms with Gasteiger partial charge in [-0.25, -0.2) is 0 Å². The third-order valence-electron chi connectivity index (χ3n) is 4.64. The second-order valence-electron chi connectivity index (χ2n) is 6.14. The summed E-state index contributed by atoms with van der Waals surface area (Å²) >= 11 is 0. The van der Waals surface area contributed by atoms with Crippen LogP contribution in [0.4, 0.5) is 5.69 Å². The number of rotatable bonds is 7. The van der Waals surface area contributed by atoms with Gasteiger partial charge in [0.25, 0.3) is 0 Å². The number of hydrogen-bond donors (Lipinski definition) is 2. The molecule has 0 bridgehead atoms. The molecule has 3 heteroatoms. The van der Waals surface area contributed by atoms with Gasteiger partial charge in [0, 0.05) is 25.3 Å². The van der Waals surface area contributed by atoms with Crippen molar-refractivity contribution in [3.05, 3.63) is 29.8 Å². The maximum absolute atomic E-state index is 9.52. The standard InChI is InChI=1S/C18H30N2O/c1-3-20(4-2)17-9-5-15(6-10-17)13-19-14-16-7-11-18(21)12-8-16/h5-6,9-10,16,18-19,21H,3-4,7-8,11-14H2,1-2H3. The van der Waals surface area contributed by atoms with Crippen LogP contribution >= 0.6 is 0 Å². The topological polar surface area (TPSA) is 35.5 Å². The second-order valence-corrected chi connectivity index (χ2v) is 6.14. The van der Waals surface area contributed by atoms with Gasteiger partial charge in [0.15, 0.2) is 0 Å². The molecule has 2 rings (SSSR count). The summed E-state index contributed by atoms with van der Waals surface area (Å²) < 4.78 is 0. The molecule has 1 aromatic rings. The molecule has 118 valence electrons. The molecule has 1 aliphatic carbocycles. The molecule has 0 amide bonds. The maximum Gasteiger partial charge on any atom is 0.0540 e. The van der Waals surface area contributed by atoms with Crippen LogP contribution in [-0.4, -0.2) is 30.8 Å². The zero-order valence-corrected chi connectivity index (χ0v) is 13.5. The maximum atomic E-state index is 9.52. The minimum Gasteiger partial charge on any atom is -0.393 e. The molecule has 0 saturated heterocycles. The van der Waals surface area contributed by atoms with Crippen LogP contribution in [0, 0.1) is 5.92 Å². The van der Waals surface area contributed by atoms with Gasteiger partial charge in [0.1, 0.15) is 0 Å². The van der Waals surface area contributed by atoms with Gasteiger partial charge < -0.3 is 15.3 Å². The lowest BCUT2D eigenvalue weighted by Crippen LogP contribution is -2.27. The van der Waals surface area contributed by atoms with E-state index in [1.54, 1.807) is 0 Å². The Morgan fingerprint density at radius 3 is 2.24 bits per heavy atom. The molecular formula is C18H30N2O. The van der Waals surface area contributed by atoms with E-state index in [1.807, 2.05) is 0 Å². The summed E-state index contributed by atoms with van der Waals surface area (Å²) in [5.41, 5.74) is 2.66. The number of nitrogens with zero attached hydrogens (tertiary/aromatic N) is 1. The quantitative estimate of drug-likeness (QED) is 0.809. The smallest absolute Gasteiger partial charge is 0.0540 e. The molecule has 0 unspecified atom stereocenters. The van der Waals surface area contributed by atoms with Gasteiger partial charge in [-0.3, -0.25) is 0 Å². The van der Waals surface area contributed by atoms with Crippen molar-refractivity contribution in [2.45, 2.75) is 52.2 Å². The molecule has 1 saturated carbocycles. The Bertz CT molecular complexity index is 392. The lowest BCUT2D eigenvalue weighted by atomic mass is 9.87. The van der Waals surface area contributed by atoms with Crippen LogP contribution in [0.1, 0.15) is 45.1 Å². The Balaban J connectivity index is 1.73. The van der Waals surface area contributed by atoms with E-state index < -0.39 is 0 Å². The van der Waals surface area contributed by atoms with E-state index in [9.17, 15) is 5.11 Å². The summed E-state index contributed by atoms with van der Waals surface area (Å²) in [4.78, 5) is 2.37. The first kappa shape index (κ1) is 16.3. The highest BCUT2D eigenvalue weighted by molar-refractivity contribution is 5.47. The van der Waals surface area contributed by atoms with Gasteiger partial charge in [0.2, 0.25) is 0 Å². The highest BCUT2D eigenvalue weighted by Crippen LogP contribution is 2.23. The number of benzene rings is 1. The summed E-state index contributed by atoms with van der Waals surface area (Å²) in [6, 6.07) is 8.90. The van der Waals surface area contributed by atoms with E-state index in [0.29, 0.717) is 0 Å². The lowest BCUT2D eigenvalue weighted by Gasteiger charge is -2.25. The highest BCUT2D eigenvalue weighted by Gasteiger charge is 2.18. The van der Waals surface area contributed by atoms with Gasteiger partial charge in [-0.1, -0.05) is 12.1 Å². The summed E-state index contributed by atoms with van der Waals surface area (Å²) in [7, 11) is 0. The van der Waals surface area contributed by atoms with Gasteiger partial charge in [-0.05, 0) is 69.7 Å². The molecule has 21 heavy (non-hydrogen) atoms. The Labute approximate surface area is 129 Å². The largest absolute Gasteiger partial charge is 0.393 e. The Morgan fingerprint density at radius 2 is 1.67 bits per heavy atom. The predicted octanol–water partition coefficient (Wildman–Crippen LogP) is 3.17. The molecule has 0 heterocycles. The van der Waals surface area contributed by atoms with Crippen molar-refractivity contribution in [3.63, 3.8) is 0 Å². The summed E-state index contributed by atoms with van der Waals surface area (Å²) in [5.74, 6) is 0.739. The number of aliphatic hydroxyl groups is 1. The van der Waals surface area contributed by atoms with Gasteiger partial charge in [0.05, 0.1) is 6.10 Å². The van der Waals surface area contributed by atoms with Crippen molar-refractivity contribution < 1.29 is 5.11 Å². The Hall–Kier alpha value is -1.06. The zero-order valence-electron chi connectivity index (χ0n) is 13.5. The fourth-order valence-electron chi connectivity index (χ4n) is 3.18. The fraction of sp³-hybridized carbons (Fsp3) is 0.667. The average Bonchev–Trinajstić information content (AvgIpc) is 2.52. The third kappa shape index (κ3) is 5.01. The zero-order chi connectivity index (χ0) is 15.1. The molecule has 0 atom stereocenters. The van der Waals surface area contributed by atoms with E-state index in [2.05, 4.69) is 48.3 Å². The van der Waals surface area contributed by atoms with Crippen LogP contribution < -0.4 is 10.2 Å². The van der Waals surface area contributed by atoms with Crippen LogP contribution in [0.5, 0.6) is 0 Å².